The van der Waals surface area contributed by atoms with Crippen molar-refractivity contribution >= 4 is 51.5 Å². The highest BCUT2D eigenvalue weighted by atomic mass is 16.6. The van der Waals surface area contributed by atoms with Gasteiger partial charge in [-0.15, -0.1) is 0 Å². The highest BCUT2D eigenvalue weighted by Gasteiger charge is 2.51. The summed E-state index contributed by atoms with van der Waals surface area (Å²) in [5.41, 5.74) is 9.98. The third-order valence-electron chi connectivity index (χ3n) is 9.93. The Bertz CT molecular complexity index is 2200. The number of benzene rings is 3. The van der Waals surface area contributed by atoms with Crippen molar-refractivity contribution in [3.05, 3.63) is 107 Å². The van der Waals surface area contributed by atoms with Gasteiger partial charge in [-0.1, -0.05) is 66.7 Å². The molecule has 0 radical (unpaired) electrons. The third-order valence-corrected chi connectivity index (χ3v) is 9.93. The van der Waals surface area contributed by atoms with E-state index in [4.69, 9.17) is 10.5 Å². The Morgan fingerprint density at radius 3 is 2.28 bits per heavy atom. The molecule has 5 amide bonds. The summed E-state index contributed by atoms with van der Waals surface area (Å²) in [7, 11) is 0. The summed E-state index contributed by atoms with van der Waals surface area (Å²) in [5, 5.41) is 10.3. The summed E-state index contributed by atoms with van der Waals surface area (Å²) < 4.78 is 5.49. The lowest BCUT2D eigenvalue weighted by atomic mass is 9.91. The summed E-state index contributed by atoms with van der Waals surface area (Å²) in [5.74, 6) is -2.24. The van der Waals surface area contributed by atoms with Gasteiger partial charge in [0.15, 0.2) is 0 Å². The number of nitrogens with zero attached hydrogens (tertiary/aromatic N) is 1. The molecule has 4 heterocycles. The number of primary amides is 1. The largest absolute Gasteiger partial charge is 0.444 e. The van der Waals surface area contributed by atoms with Crippen LogP contribution < -0.4 is 21.7 Å². The maximum Gasteiger partial charge on any atom is 0.408 e. The normalized spacial score (nSPS) is 19.3. The predicted molar refractivity (Wildman–Crippen MR) is 198 cm³/mol. The fraction of sp³-hybridized carbons (Fsp3) is 0.325. The molecule has 3 aromatic carbocycles. The van der Waals surface area contributed by atoms with Gasteiger partial charge in [-0.2, -0.15) is 0 Å². The van der Waals surface area contributed by atoms with Gasteiger partial charge >= 0.3 is 6.09 Å². The molecule has 2 aliphatic heterocycles. The predicted octanol–water partition coefficient (Wildman–Crippen LogP) is 3.68. The number of rotatable bonds is 10. The lowest BCUT2D eigenvalue weighted by Gasteiger charge is -2.37. The van der Waals surface area contributed by atoms with Gasteiger partial charge in [-0.3, -0.25) is 19.2 Å². The molecule has 5 atom stereocenters. The molecule has 7 N–H and O–H groups in total. The lowest BCUT2D eigenvalue weighted by Crippen LogP contribution is -2.58. The Labute approximate surface area is 306 Å². The molecular formula is C40H43N7O6. The van der Waals surface area contributed by atoms with Crippen molar-refractivity contribution in [3.8, 4) is 0 Å². The van der Waals surface area contributed by atoms with Crippen molar-refractivity contribution in [1.29, 1.82) is 0 Å². The van der Waals surface area contributed by atoms with Crippen LogP contribution in [-0.4, -0.2) is 74.4 Å². The van der Waals surface area contributed by atoms with E-state index in [2.05, 4.69) is 25.9 Å². The average molecular weight is 718 g/mol. The van der Waals surface area contributed by atoms with E-state index in [-0.39, 0.29) is 25.7 Å². The first-order valence-corrected chi connectivity index (χ1v) is 17.8. The first-order valence-electron chi connectivity index (χ1n) is 17.8. The van der Waals surface area contributed by atoms with Gasteiger partial charge in [-0.05, 0) is 49.6 Å². The number of para-hydroxylation sites is 2. The van der Waals surface area contributed by atoms with Crippen molar-refractivity contribution in [2.45, 2.75) is 82.3 Å². The first-order chi connectivity index (χ1) is 25.4. The second-order valence-corrected chi connectivity index (χ2v) is 14.8. The van der Waals surface area contributed by atoms with E-state index < -0.39 is 65.5 Å². The zero-order chi connectivity index (χ0) is 37.4. The number of alkyl carbamates (subject to hydrolysis) is 1. The minimum Gasteiger partial charge on any atom is -0.444 e. The number of carbonyl (C=O) groups excluding carboxylic acids is 5. The summed E-state index contributed by atoms with van der Waals surface area (Å²) in [6.07, 6.45) is 1.69. The minimum atomic E-state index is -1.09. The van der Waals surface area contributed by atoms with Crippen LogP contribution in [0.4, 0.5) is 4.79 Å². The molecule has 2 aromatic heterocycles. The van der Waals surface area contributed by atoms with Crippen LogP contribution in [0.5, 0.6) is 0 Å². The first kappa shape index (κ1) is 35.3. The zero-order valence-corrected chi connectivity index (χ0v) is 29.8. The molecule has 53 heavy (non-hydrogen) atoms. The molecule has 0 bridgehead atoms. The maximum atomic E-state index is 14.4. The van der Waals surface area contributed by atoms with Gasteiger partial charge in [0, 0.05) is 59.4 Å². The van der Waals surface area contributed by atoms with Gasteiger partial charge in [0.05, 0.1) is 6.04 Å². The summed E-state index contributed by atoms with van der Waals surface area (Å²) >= 11 is 0. The number of H-pyrrole nitrogens is 2. The number of aromatic amines is 2. The van der Waals surface area contributed by atoms with Gasteiger partial charge in [0.2, 0.25) is 23.6 Å². The molecule has 13 heteroatoms. The highest BCUT2D eigenvalue weighted by molar-refractivity contribution is 5.98. The monoisotopic (exact) mass is 717 g/mol. The molecule has 13 nitrogen and oxygen atoms in total. The van der Waals surface area contributed by atoms with Crippen LogP contribution in [0.25, 0.3) is 21.8 Å². The molecule has 7 rings (SSSR count). The highest BCUT2D eigenvalue weighted by Crippen LogP contribution is 2.43. The number of nitrogens with two attached hydrogens (primary N) is 1. The fourth-order valence-electron chi connectivity index (χ4n) is 7.55. The standard InChI is InChI=1S/C40H43N7O6/c1-40(2,3)53-39(52)46-30(18-23-21-42-27-15-9-7-13-24(23)27)36(49)45-31-20-32-34-26(25-14-8-10-16-28(25)43-34)19-33(47(32)38(31)51)37(50)44-29(35(41)48)17-22-11-5-4-6-12-22/h4-16,21,29-33,42-43H,17-20H2,1-3H3,(H2,41,48)(H,44,50)(H,45,49)(H,46,52)/t29-,30+,31?,32?,33?/m0/s1. The second kappa shape index (κ2) is 14.1. The molecule has 0 spiro atoms. The van der Waals surface area contributed by atoms with E-state index in [1.54, 1.807) is 27.0 Å². The summed E-state index contributed by atoms with van der Waals surface area (Å²) in [6.45, 7) is 5.19. The van der Waals surface area contributed by atoms with Crippen LogP contribution in [0.3, 0.4) is 0 Å². The number of nitrogens with one attached hydrogen (secondary N) is 5. The van der Waals surface area contributed by atoms with Crippen LogP contribution in [0.1, 0.15) is 55.6 Å². The molecule has 1 saturated heterocycles. The van der Waals surface area contributed by atoms with Crippen LogP contribution >= 0.6 is 0 Å². The van der Waals surface area contributed by atoms with E-state index >= 15 is 0 Å². The molecule has 0 aliphatic carbocycles. The Balaban J connectivity index is 1.17. The molecule has 2 aliphatic rings. The zero-order valence-electron chi connectivity index (χ0n) is 29.8. The van der Waals surface area contributed by atoms with Crippen LogP contribution in [0.15, 0.2) is 85.1 Å². The van der Waals surface area contributed by atoms with E-state index in [1.807, 2.05) is 78.9 Å². The topological polar surface area (TPSA) is 192 Å². The van der Waals surface area contributed by atoms with E-state index in [0.717, 1.165) is 44.2 Å². The summed E-state index contributed by atoms with van der Waals surface area (Å²) in [6, 6.07) is 19.9. The maximum absolute atomic E-state index is 14.4. The summed E-state index contributed by atoms with van der Waals surface area (Å²) in [4.78, 5) is 76.3. The molecule has 3 unspecified atom stereocenters. The average Bonchev–Trinajstić information content (AvgIpc) is 3.80. The molecule has 1 fully saturated rings. The smallest absolute Gasteiger partial charge is 0.408 e. The molecular weight excluding hydrogens is 674 g/mol. The fourth-order valence-corrected chi connectivity index (χ4v) is 7.55. The van der Waals surface area contributed by atoms with E-state index in [9.17, 15) is 24.0 Å². The van der Waals surface area contributed by atoms with Crippen LogP contribution in [0.2, 0.25) is 0 Å². The van der Waals surface area contributed by atoms with E-state index in [0.29, 0.717) is 0 Å². The number of hydrogen-bond donors (Lipinski definition) is 6. The number of amides is 5. The SMILES string of the molecule is CC(C)(C)OC(=O)N[C@H](Cc1c[nH]c2ccccc12)C(=O)NC1CC2c3[nH]c4ccccc4c3CC(C(=O)N[C@@H](Cc3ccccc3)C(N)=O)N2C1=O. The Hall–Kier alpha value is -6.11. The van der Waals surface area contributed by atoms with Gasteiger partial charge in [0.1, 0.15) is 29.8 Å². The Morgan fingerprint density at radius 1 is 0.887 bits per heavy atom. The second-order valence-electron chi connectivity index (χ2n) is 14.8. The molecule has 0 saturated carbocycles. The van der Waals surface area contributed by atoms with Gasteiger partial charge < -0.3 is 41.3 Å². The number of ether oxygens (including phenoxy) is 1. The van der Waals surface area contributed by atoms with Crippen LogP contribution in [0, 0.1) is 0 Å². The molecule has 274 valence electrons. The van der Waals surface area contributed by atoms with Gasteiger partial charge in [0.25, 0.3) is 0 Å². The minimum absolute atomic E-state index is 0.121. The number of fused-ring (bicyclic) bond motifs is 6. The van der Waals surface area contributed by atoms with Crippen molar-refractivity contribution in [1.82, 2.24) is 30.8 Å². The van der Waals surface area contributed by atoms with Crippen molar-refractivity contribution in [2.24, 2.45) is 5.73 Å². The van der Waals surface area contributed by atoms with E-state index in [1.165, 1.54) is 4.90 Å². The van der Waals surface area contributed by atoms with Crippen molar-refractivity contribution in [3.63, 3.8) is 0 Å². The quantitative estimate of drug-likeness (QED) is 0.128. The van der Waals surface area contributed by atoms with Crippen molar-refractivity contribution in [2.75, 3.05) is 0 Å². The number of carbonyl (C=O) groups is 5. The lowest BCUT2D eigenvalue weighted by molar-refractivity contribution is -0.142. The third kappa shape index (κ3) is 7.32. The Kier molecular flexibility index (Phi) is 9.41. The van der Waals surface area contributed by atoms with Crippen LogP contribution in [-0.2, 0) is 43.2 Å². The Morgan fingerprint density at radius 2 is 1.57 bits per heavy atom. The molecule has 5 aromatic rings. The number of aromatic nitrogens is 2. The number of hydrogen-bond acceptors (Lipinski definition) is 6. The van der Waals surface area contributed by atoms with Gasteiger partial charge in [-0.25, -0.2) is 4.79 Å². The van der Waals surface area contributed by atoms with Crippen molar-refractivity contribution < 1.29 is 28.7 Å².